The molecule has 19 heavy (non-hydrogen) atoms. The molecule has 0 aliphatic heterocycles. The zero-order valence-corrected chi connectivity index (χ0v) is 13.0. The van der Waals surface area contributed by atoms with Crippen molar-refractivity contribution in [1.82, 2.24) is 0 Å². The standard InChI is InChI=1S/C14H11Br2F2N/c15-11-5-2-6-12(16)13(11)19-8-9-3-1-4-10(7-9)14(17)18/h1-7,14,19H,8H2. The number of anilines is 1. The number of hydrogen-bond donors (Lipinski definition) is 1. The summed E-state index contributed by atoms with van der Waals surface area (Å²) in [7, 11) is 0. The van der Waals surface area contributed by atoms with Gasteiger partial charge in [0.05, 0.1) is 5.69 Å². The maximum atomic E-state index is 12.6. The van der Waals surface area contributed by atoms with Gasteiger partial charge in [-0.2, -0.15) is 0 Å². The fraction of sp³-hybridized carbons (Fsp3) is 0.143. The van der Waals surface area contributed by atoms with Crippen LogP contribution in [-0.4, -0.2) is 0 Å². The Morgan fingerprint density at radius 2 is 1.63 bits per heavy atom. The molecule has 0 bridgehead atoms. The van der Waals surface area contributed by atoms with E-state index in [1.54, 1.807) is 6.07 Å². The van der Waals surface area contributed by atoms with Crippen molar-refractivity contribution in [3.8, 4) is 0 Å². The van der Waals surface area contributed by atoms with Crippen molar-refractivity contribution >= 4 is 37.5 Å². The van der Waals surface area contributed by atoms with Gasteiger partial charge in [0.15, 0.2) is 0 Å². The normalized spacial score (nSPS) is 10.8. The molecule has 0 saturated heterocycles. The maximum Gasteiger partial charge on any atom is 0.263 e. The number of para-hydroxylation sites is 1. The zero-order chi connectivity index (χ0) is 13.8. The third kappa shape index (κ3) is 3.76. The number of hydrogen-bond acceptors (Lipinski definition) is 1. The van der Waals surface area contributed by atoms with Gasteiger partial charge in [-0.3, -0.25) is 0 Å². The van der Waals surface area contributed by atoms with Gasteiger partial charge >= 0.3 is 0 Å². The van der Waals surface area contributed by atoms with Gasteiger partial charge in [-0.05, 0) is 55.6 Å². The molecular formula is C14H11Br2F2N. The van der Waals surface area contributed by atoms with Crippen molar-refractivity contribution in [2.24, 2.45) is 0 Å². The van der Waals surface area contributed by atoms with Crippen molar-refractivity contribution in [2.45, 2.75) is 13.0 Å². The molecule has 1 nitrogen and oxygen atoms in total. The predicted octanol–water partition coefficient (Wildman–Crippen LogP) is 5.76. The van der Waals surface area contributed by atoms with Crippen LogP contribution < -0.4 is 5.32 Å². The third-order valence-corrected chi connectivity index (χ3v) is 3.96. The first-order valence-electron chi connectivity index (χ1n) is 5.63. The predicted molar refractivity (Wildman–Crippen MR) is 80.6 cm³/mol. The van der Waals surface area contributed by atoms with E-state index < -0.39 is 6.43 Å². The summed E-state index contributed by atoms with van der Waals surface area (Å²) in [5.41, 5.74) is 1.77. The minimum absolute atomic E-state index is 0.0468. The van der Waals surface area contributed by atoms with Gasteiger partial charge in [0, 0.05) is 21.1 Å². The van der Waals surface area contributed by atoms with Crippen molar-refractivity contribution in [1.29, 1.82) is 0 Å². The van der Waals surface area contributed by atoms with Crippen LogP contribution in [0.3, 0.4) is 0 Å². The lowest BCUT2D eigenvalue weighted by Gasteiger charge is -2.11. The van der Waals surface area contributed by atoms with E-state index in [0.29, 0.717) is 6.54 Å². The van der Waals surface area contributed by atoms with Gasteiger partial charge in [0.1, 0.15) is 0 Å². The average Bonchev–Trinajstić information content (AvgIpc) is 2.38. The highest BCUT2D eigenvalue weighted by atomic mass is 79.9. The molecule has 100 valence electrons. The van der Waals surface area contributed by atoms with Crippen LogP contribution in [0.1, 0.15) is 17.6 Å². The second kappa shape index (κ2) is 6.48. The first kappa shape index (κ1) is 14.5. The number of benzene rings is 2. The summed E-state index contributed by atoms with van der Waals surface area (Å²) in [5.74, 6) is 0. The van der Waals surface area contributed by atoms with E-state index >= 15 is 0 Å². The van der Waals surface area contributed by atoms with E-state index in [0.717, 1.165) is 20.2 Å². The molecule has 0 fully saturated rings. The van der Waals surface area contributed by atoms with Crippen LogP contribution in [0.25, 0.3) is 0 Å². The molecule has 1 N–H and O–H groups in total. The van der Waals surface area contributed by atoms with Gasteiger partial charge in [-0.25, -0.2) is 8.78 Å². The van der Waals surface area contributed by atoms with Gasteiger partial charge in [0.2, 0.25) is 0 Å². The molecule has 0 heterocycles. The van der Waals surface area contributed by atoms with Crippen molar-refractivity contribution in [3.63, 3.8) is 0 Å². The summed E-state index contributed by atoms with van der Waals surface area (Å²) in [6.07, 6.45) is -2.44. The Hall–Kier alpha value is -0.940. The lowest BCUT2D eigenvalue weighted by Crippen LogP contribution is -2.01. The fourth-order valence-electron chi connectivity index (χ4n) is 1.70. The molecule has 2 aromatic carbocycles. The highest BCUT2D eigenvalue weighted by Crippen LogP contribution is 2.31. The van der Waals surface area contributed by atoms with Crippen LogP contribution in [0.2, 0.25) is 0 Å². The third-order valence-electron chi connectivity index (χ3n) is 2.64. The second-order valence-electron chi connectivity index (χ2n) is 4.00. The Balaban J connectivity index is 2.12. The molecule has 0 saturated carbocycles. The Bertz CT molecular complexity index is 553. The molecule has 0 aliphatic rings. The SMILES string of the molecule is FC(F)c1cccc(CNc2c(Br)cccc2Br)c1. The second-order valence-corrected chi connectivity index (χ2v) is 5.70. The fourth-order valence-corrected chi connectivity index (χ4v) is 2.97. The van der Waals surface area contributed by atoms with Crippen molar-refractivity contribution < 1.29 is 8.78 Å². The van der Waals surface area contributed by atoms with E-state index in [1.165, 1.54) is 12.1 Å². The Morgan fingerprint density at radius 1 is 1.00 bits per heavy atom. The molecule has 0 unspecified atom stereocenters. The number of halogens is 4. The smallest absolute Gasteiger partial charge is 0.263 e. The van der Waals surface area contributed by atoms with E-state index in [1.807, 2.05) is 24.3 Å². The lowest BCUT2D eigenvalue weighted by molar-refractivity contribution is 0.151. The highest BCUT2D eigenvalue weighted by Gasteiger charge is 2.08. The molecule has 0 aromatic heterocycles. The maximum absolute atomic E-state index is 12.6. The van der Waals surface area contributed by atoms with E-state index in [-0.39, 0.29) is 5.56 Å². The van der Waals surface area contributed by atoms with Crippen LogP contribution in [0.5, 0.6) is 0 Å². The van der Waals surface area contributed by atoms with Crippen LogP contribution in [0.15, 0.2) is 51.4 Å². The van der Waals surface area contributed by atoms with E-state index in [4.69, 9.17) is 0 Å². The quantitative estimate of drug-likeness (QED) is 0.699. The highest BCUT2D eigenvalue weighted by molar-refractivity contribution is 9.11. The summed E-state index contributed by atoms with van der Waals surface area (Å²) >= 11 is 6.89. The Morgan fingerprint density at radius 3 is 2.26 bits per heavy atom. The van der Waals surface area contributed by atoms with Gasteiger partial charge in [-0.1, -0.05) is 24.3 Å². The largest absolute Gasteiger partial charge is 0.379 e. The summed E-state index contributed by atoms with van der Waals surface area (Å²) in [6, 6.07) is 12.2. The number of rotatable bonds is 4. The summed E-state index contributed by atoms with van der Waals surface area (Å²) in [4.78, 5) is 0. The van der Waals surface area contributed by atoms with Gasteiger partial charge < -0.3 is 5.32 Å². The Labute approximate surface area is 127 Å². The Kier molecular flexibility index (Phi) is 4.93. The summed E-state index contributed by atoms with van der Waals surface area (Å²) < 4.78 is 27.1. The molecule has 2 rings (SSSR count). The monoisotopic (exact) mass is 389 g/mol. The van der Waals surface area contributed by atoms with E-state index in [9.17, 15) is 8.78 Å². The number of nitrogens with one attached hydrogen (secondary N) is 1. The minimum atomic E-state index is -2.44. The summed E-state index contributed by atoms with van der Waals surface area (Å²) in [5, 5.41) is 3.23. The van der Waals surface area contributed by atoms with Gasteiger partial charge in [0.25, 0.3) is 6.43 Å². The molecule has 0 spiro atoms. The minimum Gasteiger partial charge on any atom is -0.379 e. The molecule has 0 radical (unpaired) electrons. The van der Waals surface area contributed by atoms with Crippen LogP contribution in [-0.2, 0) is 6.54 Å². The van der Waals surface area contributed by atoms with Gasteiger partial charge in [-0.15, -0.1) is 0 Å². The van der Waals surface area contributed by atoms with Crippen LogP contribution in [0.4, 0.5) is 14.5 Å². The van der Waals surface area contributed by atoms with Crippen LogP contribution >= 0.6 is 31.9 Å². The average molecular weight is 391 g/mol. The van der Waals surface area contributed by atoms with E-state index in [2.05, 4.69) is 37.2 Å². The van der Waals surface area contributed by atoms with Crippen LogP contribution in [0, 0.1) is 0 Å². The molecule has 0 aliphatic carbocycles. The van der Waals surface area contributed by atoms with Crippen molar-refractivity contribution in [2.75, 3.05) is 5.32 Å². The molecule has 5 heteroatoms. The first-order valence-corrected chi connectivity index (χ1v) is 7.21. The zero-order valence-electron chi connectivity index (χ0n) is 9.84. The summed E-state index contributed by atoms with van der Waals surface area (Å²) in [6.45, 7) is 0.488. The molecule has 2 aromatic rings. The topological polar surface area (TPSA) is 12.0 Å². The molecule has 0 atom stereocenters. The first-order chi connectivity index (χ1) is 9.08. The van der Waals surface area contributed by atoms with Crippen molar-refractivity contribution in [3.05, 3.63) is 62.5 Å². The molecule has 0 amide bonds. The number of alkyl halides is 2. The lowest BCUT2D eigenvalue weighted by atomic mass is 10.1. The molecular weight excluding hydrogens is 380 g/mol.